The normalized spacial score (nSPS) is 15.8. The summed E-state index contributed by atoms with van der Waals surface area (Å²) in [6.45, 7) is 5.88. The summed E-state index contributed by atoms with van der Waals surface area (Å²) in [7, 11) is -3.72. The van der Waals surface area contributed by atoms with Gasteiger partial charge in [-0.3, -0.25) is 9.59 Å². The molecular weight excluding hydrogens is 370 g/mol. The second-order valence-electron chi connectivity index (χ2n) is 6.23. The molecule has 1 N–H and O–H groups in total. The minimum Gasteiger partial charge on any atom is -0.379 e. The van der Waals surface area contributed by atoms with Crippen molar-refractivity contribution in [2.45, 2.75) is 18.7 Å². The standard InChI is InChI=1S/C18H23N3O5S/c1-3-20(4-2)18(23)15-12-19-16-6-5-13(11-14(16)17(15)22)27(24,25)21-7-9-26-10-8-21/h5-6,11-12H,3-4,7-10H2,1-2H3,(H,19,22). The zero-order valence-corrected chi connectivity index (χ0v) is 16.2. The molecule has 0 radical (unpaired) electrons. The first-order valence-electron chi connectivity index (χ1n) is 8.92. The highest BCUT2D eigenvalue weighted by molar-refractivity contribution is 7.89. The lowest BCUT2D eigenvalue weighted by Crippen LogP contribution is -2.40. The fourth-order valence-corrected chi connectivity index (χ4v) is 4.57. The molecule has 9 heteroatoms. The van der Waals surface area contributed by atoms with Crippen LogP contribution in [0.25, 0.3) is 10.9 Å². The summed E-state index contributed by atoms with van der Waals surface area (Å²) < 4.78 is 32.2. The van der Waals surface area contributed by atoms with E-state index in [2.05, 4.69) is 4.98 Å². The van der Waals surface area contributed by atoms with Gasteiger partial charge in [0.2, 0.25) is 15.5 Å². The molecule has 2 heterocycles. The van der Waals surface area contributed by atoms with Crippen LogP contribution in [0.3, 0.4) is 0 Å². The maximum atomic E-state index is 12.9. The molecule has 1 aromatic heterocycles. The van der Waals surface area contributed by atoms with E-state index in [1.165, 1.54) is 22.6 Å². The Morgan fingerprint density at radius 3 is 2.52 bits per heavy atom. The minimum absolute atomic E-state index is 0.00659. The number of fused-ring (bicyclic) bond motifs is 1. The fraction of sp³-hybridized carbons (Fsp3) is 0.444. The molecule has 1 aromatic carbocycles. The highest BCUT2D eigenvalue weighted by Gasteiger charge is 2.27. The molecule has 2 aromatic rings. The molecule has 0 spiro atoms. The van der Waals surface area contributed by atoms with E-state index >= 15 is 0 Å². The summed E-state index contributed by atoms with van der Waals surface area (Å²) in [5, 5.41) is 0.183. The van der Waals surface area contributed by atoms with Crippen LogP contribution in [0.4, 0.5) is 0 Å². The minimum atomic E-state index is -3.72. The second kappa shape index (κ2) is 7.79. The Hall–Kier alpha value is -2.23. The summed E-state index contributed by atoms with van der Waals surface area (Å²) in [6, 6.07) is 4.36. The Morgan fingerprint density at radius 2 is 1.89 bits per heavy atom. The molecule has 1 saturated heterocycles. The number of aromatic amines is 1. The van der Waals surface area contributed by atoms with E-state index in [1.54, 1.807) is 11.0 Å². The molecule has 146 valence electrons. The van der Waals surface area contributed by atoms with E-state index in [9.17, 15) is 18.0 Å². The Balaban J connectivity index is 2.07. The summed E-state index contributed by atoms with van der Waals surface area (Å²) in [5.41, 5.74) is 0.0174. The average Bonchev–Trinajstić information content (AvgIpc) is 2.69. The van der Waals surface area contributed by atoms with Crippen LogP contribution in [-0.4, -0.2) is 67.9 Å². The molecule has 8 nitrogen and oxygen atoms in total. The van der Waals surface area contributed by atoms with Gasteiger partial charge in [-0.25, -0.2) is 8.42 Å². The molecule has 0 unspecified atom stereocenters. The SMILES string of the molecule is CCN(CC)C(=O)c1c[nH]c2ccc(S(=O)(=O)N3CCOCC3)cc2c1=O. The van der Waals surface area contributed by atoms with Gasteiger partial charge in [0.05, 0.1) is 18.1 Å². The number of nitrogens with one attached hydrogen (secondary N) is 1. The number of hydrogen-bond donors (Lipinski definition) is 1. The van der Waals surface area contributed by atoms with Crippen LogP contribution in [0.15, 0.2) is 34.1 Å². The number of aromatic nitrogens is 1. The molecule has 1 amide bonds. The number of ether oxygens (including phenoxy) is 1. The van der Waals surface area contributed by atoms with E-state index in [4.69, 9.17) is 4.74 Å². The van der Waals surface area contributed by atoms with Crippen LogP contribution in [-0.2, 0) is 14.8 Å². The molecule has 0 aliphatic carbocycles. The lowest BCUT2D eigenvalue weighted by molar-refractivity contribution is 0.0730. The van der Waals surface area contributed by atoms with Gasteiger partial charge in [-0.1, -0.05) is 0 Å². The number of pyridine rings is 1. The van der Waals surface area contributed by atoms with Crippen LogP contribution in [0.2, 0.25) is 0 Å². The van der Waals surface area contributed by atoms with Gasteiger partial charge < -0.3 is 14.6 Å². The van der Waals surface area contributed by atoms with Crippen molar-refractivity contribution >= 4 is 26.8 Å². The monoisotopic (exact) mass is 393 g/mol. The lowest BCUT2D eigenvalue weighted by Gasteiger charge is -2.26. The lowest BCUT2D eigenvalue weighted by atomic mass is 10.1. The highest BCUT2D eigenvalue weighted by atomic mass is 32.2. The average molecular weight is 393 g/mol. The third kappa shape index (κ3) is 3.62. The second-order valence-corrected chi connectivity index (χ2v) is 8.17. The number of nitrogens with zero attached hydrogens (tertiary/aromatic N) is 2. The van der Waals surface area contributed by atoms with Crippen molar-refractivity contribution in [3.05, 3.63) is 40.2 Å². The molecular formula is C18H23N3O5S. The summed E-state index contributed by atoms with van der Waals surface area (Å²) in [6.07, 6.45) is 1.39. The molecule has 1 aliphatic heterocycles. The molecule has 27 heavy (non-hydrogen) atoms. The van der Waals surface area contributed by atoms with Crippen LogP contribution < -0.4 is 5.43 Å². The number of carbonyl (C=O) groups excluding carboxylic acids is 1. The van der Waals surface area contributed by atoms with Crippen LogP contribution in [0.5, 0.6) is 0 Å². The van der Waals surface area contributed by atoms with E-state index in [0.29, 0.717) is 31.8 Å². The number of sulfonamides is 1. The fourth-order valence-electron chi connectivity index (χ4n) is 3.13. The molecule has 0 atom stereocenters. The number of H-pyrrole nitrogens is 1. The summed E-state index contributed by atoms with van der Waals surface area (Å²) in [5.74, 6) is -0.371. The quantitative estimate of drug-likeness (QED) is 0.818. The number of amides is 1. The van der Waals surface area contributed by atoms with E-state index in [1.807, 2.05) is 13.8 Å². The molecule has 1 fully saturated rings. The van der Waals surface area contributed by atoms with Gasteiger partial charge in [-0.05, 0) is 32.0 Å². The van der Waals surface area contributed by atoms with Crippen LogP contribution >= 0.6 is 0 Å². The maximum Gasteiger partial charge on any atom is 0.259 e. The van der Waals surface area contributed by atoms with Gasteiger partial charge in [-0.15, -0.1) is 0 Å². The van der Waals surface area contributed by atoms with Gasteiger partial charge >= 0.3 is 0 Å². The predicted molar refractivity (Wildman–Crippen MR) is 101 cm³/mol. The molecule has 0 saturated carbocycles. The van der Waals surface area contributed by atoms with Crippen molar-refractivity contribution in [1.29, 1.82) is 0 Å². The largest absolute Gasteiger partial charge is 0.379 e. The number of morpholine rings is 1. The van der Waals surface area contributed by atoms with Crippen molar-refractivity contribution in [3.63, 3.8) is 0 Å². The first-order chi connectivity index (χ1) is 12.9. The van der Waals surface area contributed by atoms with Crippen molar-refractivity contribution in [3.8, 4) is 0 Å². The van der Waals surface area contributed by atoms with Gasteiger partial charge in [0.1, 0.15) is 5.56 Å². The Labute approximate surface area is 157 Å². The van der Waals surface area contributed by atoms with Gasteiger partial charge in [0.15, 0.2) is 0 Å². The predicted octanol–water partition coefficient (Wildman–Crippen LogP) is 1.03. The number of rotatable bonds is 5. The number of hydrogen-bond acceptors (Lipinski definition) is 5. The smallest absolute Gasteiger partial charge is 0.259 e. The third-order valence-corrected chi connectivity index (χ3v) is 6.64. The highest BCUT2D eigenvalue weighted by Crippen LogP contribution is 2.20. The van der Waals surface area contributed by atoms with Crippen LogP contribution in [0.1, 0.15) is 24.2 Å². The van der Waals surface area contributed by atoms with Crippen molar-refractivity contribution in [1.82, 2.24) is 14.2 Å². The molecule has 3 rings (SSSR count). The first-order valence-corrected chi connectivity index (χ1v) is 10.4. The van der Waals surface area contributed by atoms with E-state index in [0.717, 1.165) is 0 Å². The third-order valence-electron chi connectivity index (χ3n) is 4.74. The summed E-state index contributed by atoms with van der Waals surface area (Å²) >= 11 is 0. The van der Waals surface area contributed by atoms with Gasteiger partial charge in [0.25, 0.3) is 5.91 Å². The van der Waals surface area contributed by atoms with Crippen molar-refractivity contribution in [2.75, 3.05) is 39.4 Å². The van der Waals surface area contributed by atoms with Crippen molar-refractivity contribution < 1.29 is 17.9 Å². The Morgan fingerprint density at radius 1 is 1.22 bits per heavy atom. The van der Waals surface area contributed by atoms with Crippen LogP contribution in [0, 0.1) is 0 Å². The number of carbonyl (C=O) groups is 1. The maximum absolute atomic E-state index is 12.9. The summed E-state index contributed by atoms with van der Waals surface area (Å²) in [4.78, 5) is 29.9. The Kier molecular flexibility index (Phi) is 5.64. The van der Waals surface area contributed by atoms with Gasteiger partial charge in [0, 0.05) is 43.3 Å². The zero-order valence-electron chi connectivity index (χ0n) is 15.4. The Bertz CT molecular complexity index is 1010. The first kappa shape index (κ1) is 19.5. The van der Waals surface area contributed by atoms with Crippen molar-refractivity contribution in [2.24, 2.45) is 0 Å². The molecule has 0 bridgehead atoms. The zero-order chi connectivity index (χ0) is 19.6. The number of benzene rings is 1. The van der Waals surface area contributed by atoms with Gasteiger partial charge in [-0.2, -0.15) is 4.31 Å². The van der Waals surface area contributed by atoms with E-state index < -0.39 is 15.5 Å². The van der Waals surface area contributed by atoms with E-state index in [-0.39, 0.29) is 34.8 Å². The molecule has 1 aliphatic rings. The topological polar surface area (TPSA) is 99.8 Å².